The quantitative estimate of drug-likeness (QED) is 0.0217. The van der Waals surface area contributed by atoms with Gasteiger partial charge in [-0.1, -0.05) is 104 Å². The third-order valence-corrected chi connectivity index (χ3v) is 28.0. The number of nitro benzene ring substituents is 2. The molecule has 0 radical (unpaired) electrons. The number of likely N-dealkylation sites (tertiary alicyclic amines) is 1. The molecule has 6 aliphatic rings. The Labute approximate surface area is 731 Å². The fraction of sp³-hybridized carbons (Fsp3) is 0.340. The van der Waals surface area contributed by atoms with Gasteiger partial charge in [0.2, 0.25) is 0 Å². The number of H-pyrrole nitrogens is 2. The van der Waals surface area contributed by atoms with Crippen molar-refractivity contribution in [1.82, 2.24) is 34.1 Å². The largest absolute Gasteiger partial charge is 0.456 e. The van der Waals surface area contributed by atoms with Crippen LogP contribution in [0.1, 0.15) is 116 Å². The Bertz CT molecular complexity index is 6010. The highest BCUT2D eigenvalue weighted by Gasteiger charge is 2.35. The first-order valence-electron chi connectivity index (χ1n) is 42.4. The lowest BCUT2D eigenvalue weighted by Crippen LogP contribution is -2.47. The number of nitrogens with one attached hydrogen (secondary N) is 6. The van der Waals surface area contributed by atoms with Crippen LogP contribution in [-0.4, -0.2) is 167 Å². The average Bonchev–Trinajstić information content (AvgIpc) is 0.802. The molecule has 9 aromatic carbocycles. The van der Waals surface area contributed by atoms with Crippen LogP contribution in [0.25, 0.3) is 38.5 Å². The van der Waals surface area contributed by atoms with E-state index in [9.17, 15) is 46.7 Å². The minimum atomic E-state index is -4.54. The second-order valence-electron chi connectivity index (χ2n) is 33.7. The zero-order valence-electron chi connectivity index (χ0n) is 69.3. The molecule has 2 aliphatic carbocycles. The summed E-state index contributed by atoms with van der Waals surface area (Å²) in [5.74, 6) is -0.323. The molecule has 17 rings (SSSR count). The van der Waals surface area contributed by atoms with E-state index in [1.807, 2.05) is 97.3 Å². The normalized spacial score (nSPS) is 17.3. The average molecular weight is 1760 g/mol. The molecule has 1 saturated carbocycles. The van der Waals surface area contributed by atoms with Crippen LogP contribution >= 0.6 is 23.2 Å². The fourth-order valence-corrected chi connectivity index (χ4v) is 20.0. The molecule has 646 valence electrons. The highest BCUT2D eigenvalue weighted by atomic mass is 35.5. The fourth-order valence-electron chi connectivity index (χ4n) is 17.8. The number of piperidine rings is 1. The van der Waals surface area contributed by atoms with E-state index in [-0.39, 0.29) is 62.0 Å². The summed E-state index contributed by atoms with van der Waals surface area (Å²) in [6.07, 6.45) is 15.2. The highest BCUT2D eigenvalue weighted by Crippen LogP contribution is 2.45. The second-order valence-corrected chi connectivity index (χ2v) is 37.9. The molecule has 4 aliphatic heterocycles. The molecule has 2 aromatic heterocycles. The molecule has 0 unspecified atom stereocenters. The summed E-state index contributed by atoms with van der Waals surface area (Å²) in [6, 6.07) is 57.4. The number of hydrogen-bond donors (Lipinski definition) is 6. The van der Waals surface area contributed by atoms with Crippen molar-refractivity contribution in [2.75, 3.05) is 112 Å². The van der Waals surface area contributed by atoms with E-state index in [0.717, 1.165) is 172 Å². The number of ether oxygens (including phenoxy) is 3. The Kier molecular flexibility index (Phi) is 26.4. The standard InChI is InChI=1S/C50H58ClN7O6S.C44H43ClN6O7S/c1-50(2)21-17-36(44(32-50)34-7-9-37(51)10-8-34)33-55-25-27-57(28-26-55)40-11-14-43(48(30-40)64-41-12-15-45-35(29-41)18-22-52-45)49(59)54-65(62,63)42-13-16-46(47(31-42)58(60)61)53-38-19-23-56(24-20-38)39-5-3-4-6-39;45-34-7-5-31(6-8-34)38-4-2-1-3-33(38)29-49-19-21-50(22-20-49)35-9-12-39(43(26-35)58-36-10-13-40-32(25-36)15-18-46-40)44(52)48-59(55,56)37-11-14-41(42(27-37)51(53)54)47-28-30-16-23-57-24-17-30/h7-16,18,22,29-31,38-39,52-53H,3-6,17,19-21,23-28,32-33H2,1-2H3,(H,54,59);1-15,18,25-27,30,46-47H,16-17,19-24,28-29H2,(H,48,52). The molecule has 2 amide bonds. The van der Waals surface area contributed by atoms with E-state index in [1.54, 1.807) is 42.5 Å². The van der Waals surface area contributed by atoms with Gasteiger partial charge in [-0.05, 0) is 218 Å². The molecule has 0 bridgehead atoms. The minimum absolute atomic E-state index is 0.00347. The number of piperazine rings is 2. The molecule has 0 spiro atoms. The third-order valence-electron chi connectivity index (χ3n) is 24.8. The molecular formula is C94H101Cl2N13O13S2. The maximum absolute atomic E-state index is 14.0. The number of aromatic amines is 2. The summed E-state index contributed by atoms with van der Waals surface area (Å²) < 4.78 is 77.4. The Morgan fingerprint density at radius 3 is 1.60 bits per heavy atom. The van der Waals surface area contributed by atoms with Gasteiger partial charge in [-0.25, -0.2) is 26.3 Å². The van der Waals surface area contributed by atoms with Gasteiger partial charge in [0, 0.05) is 190 Å². The predicted molar refractivity (Wildman–Crippen MR) is 487 cm³/mol. The maximum atomic E-state index is 14.0. The number of carbonyl (C=O) groups is 2. The Morgan fingerprint density at radius 2 is 1.06 bits per heavy atom. The zero-order valence-corrected chi connectivity index (χ0v) is 72.4. The van der Waals surface area contributed by atoms with Crippen LogP contribution in [0, 0.1) is 31.6 Å². The number of benzene rings is 9. The summed E-state index contributed by atoms with van der Waals surface area (Å²) in [5.41, 5.74) is 11.0. The number of anilines is 4. The van der Waals surface area contributed by atoms with E-state index < -0.39 is 52.3 Å². The number of rotatable bonds is 26. The predicted octanol–water partition coefficient (Wildman–Crippen LogP) is 18.7. The Hall–Kier alpha value is -11.3. The van der Waals surface area contributed by atoms with Gasteiger partial charge in [0.1, 0.15) is 34.4 Å². The molecule has 30 heteroatoms. The number of carbonyl (C=O) groups excluding carboxylic acids is 2. The summed E-state index contributed by atoms with van der Waals surface area (Å²) in [7, 11) is -9.09. The molecule has 11 aromatic rings. The summed E-state index contributed by atoms with van der Waals surface area (Å²) in [5, 5.41) is 34.0. The van der Waals surface area contributed by atoms with Gasteiger partial charge < -0.3 is 49.5 Å². The van der Waals surface area contributed by atoms with Gasteiger partial charge in [0.25, 0.3) is 43.2 Å². The number of amides is 2. The van der Waals surface area contributed by atoms with E-state index in [1.165, 1.54) is 72.2 Å². The van der Waals surface area contributed by atoms with Crippen LogP contribution in [0.3, 0.4) is 0 Å². The monoisotopic (exact) mass is 1750 g/mol. The maximum Gasteiger partial charge on any atom is 0.293 e. The van der Waals surface area contributed by atoms with Gasteiger partial charge >= 0.3 is 0 Å². The number of allylic oxidation sites excluding steroid dienone is 1. The van der Waals surface area contributed by atoms with Gasteiger partial charge in [0.05, 0.1) is 30.8 Å². The van der Waals surface area contributed by atoms with E-state index in [2.05, 4.69) is 98.7 Å². The van der Waals surface area contributed by atoms with Crippen molar-refractivity contribution >= 4 is 117 Å². The smallest absolute Gasteiger partial charge is 0.293 e. The first kappa shape index (κ1) is 86.2. The number of nitro groups is 2. The van der Waals surface area contributed by atoms with Crippen molar-refractivity contribution in [2.45, 2.75) is 113 Å². The molecule has 5 fully saturated rings. The molecule has 6 N–H and O–H groups in total. The number of fused-ring (bicyclic) bond motifs is 2. The van der Waals surface area contributed by atoms with Crippen molar-refractivity contribution in [1.29, 1.82) is 0 Å². The number of sulfonamides is 2. The van der Waals surface area contributed by atoms with Crippen molar-refractivity contribution in [3.63, 3.8) is 0 Å². The topological polar surface area (TPSA) is 312 Å². The Morgan fingerprint density at radius 1 is 0.548 bits per heavy atom. The molecule has 0 atom stereocenters. The Balaban J connectivity index is 0.000000184. The van der Waals surface area contributed by atoms with E-state index in [0.29, 0.717) is 55.4 Å². The summed E-state index contributed by atoms with van der Waals surface area (Å²) in [4.78, 5) is 68.4. The molecule has 26 nitrogen and oxygen atoms in total. The molecule has 124 heavy (non-hydrogen) atoms. The number of halogens is 2. The van der Waals surface area contributed by atoms with Crippen molar-refractivity contribution in [2.24, 2.45) is 11.3 Å². The first-order chi connectivity index (χ1) is 59.9. The zero-order chi connectivity index (χ0) is 86.2. The van der Waals surface area contributed by atoms with Gasteiger partial charge in [-0.3, -0.25) is 39.6 Å². The van der Waals surface area contributed by atoms with E-state index in [4.69, 9.17) is 37.4 Å². The number of nitrogens with zero attached hydrogens (tertiary/aromatic N) is 7. The highest BCUT2D eigenvalue weighted by molar-refractivity contribution is 7.90. The second kappa shape index (κ2) is 38.0. The van der Waals surface area contributed by atoms with E-state index >= 15 is 0 Å². The van der Waals surface area contributed by atoms with Crippen LogP contribution in [0.2, 0.25) is 10.0 Å². The summed E-state index contributed by atoms with van der Waals surface area (Å²) in [6.45, 7) is 16.1. The first-order valence-corrected chi connectivity index (χ1v) is 46.2. The van der Waals surface area contributed by atoms with Crippen molar-refractivity contribution in [3.8, 4) is 34.1 Å². The number of aromatic nitrogens is 2. The minimum Gasteiger partial charge on any atom is -0.456 e. The van der Waals surface area contributed by atoms with Crippen LogP contribution < -0.4 is 39.4 Å². The third kappa shape index (κ3) is 20.8. The van der Waals surface area contributed by atoms with Crippen molar-refractivity contribution < 1.29 is 50.5 Å². The number of hydrogen-bond acceptors (Lipinski definition) is 20. The van der Waals surface area contributed by atoms with Crippen LogP contribution in [0.4, 0.5) is 34.1 Å². The SMILES string of the molecule is CC1(C)CCC(CN2CCN(c3ccc(C(=O)NS(=O)(=O)c4ccc(NC5CCN(C6CCCC6)CC5)c([N+](=O)[O-])c4)c(Oc4ccc5[nH]ccc5c4)c3)CC2)=C(c2ccc(Cl)cc2)C1.O=C(NS(=O)(=O)c1ccc(NCC2CCOCC2)c([N+](=O)[O-])c1)c1ccc(N2CCN(Cc3ccccc3-c3ccc(Cl)cc3)CC2)cc1Oc1ccc2[nH]ccc2c1. The van der Waals surface area contributed by atoms with Crippen LogP contribution in [0.15, 0.2) is 222 Å². The van der Waals surface area contributed by atoms with Gasteiger partial charge in [0.15, 0.2) is 0 Å². The summed E-state index contributed by atoms with van der Waals surface area (Å²) >= 11 is 12.4. The lowest BCUT2D eigenvalue weighted by Gasteiger charge is -2.39. The van der Waals surface area contributed by atoms with Crippen LogP contribution in [-0.2, 0) is 31.3 Å². The lowest BCUT2D eigenvalue weighted by atomic mass is 9.72. The molecule has 6 heterocycles. The van der Waals surface area contributed by atoms with Crippen molar-refractivity contribution in [3.05, 3.63) is 265 Å². The van der Waals surface area contributed by atoms with Crippen LogP contribution in [0.5, 0.6) is 23.0 Å². The van der Waals surface area contributed by atoms with Gasteiger partial charge in [-0.15, -0.1) is 0 Å². The molecular weight excluding hydrogens is 1650 g/mol. The lowest BCUT2D eigenvalue weighted by molar-refractivity contribution is -0.384. The van der Waals surface area contributed by atoms with Gasteiger partial charge in [-0.2, -0.15) is 0 Å². The molecule has 4 saturated heterocycles.